The third-order valence-electron chi connectivity index (χ3n) is 1.63. The monoisotopic (exact) mass is 227 g/mol. The predicted molar refractivity (Wildman–Crippen MR) is 52.6 cm³/mol. The van der Waals surface area contributed by atoms with E-state index < -0.39 is 12.8 Å². The molecule has 0 heterocycles. The Morgan fingerprint density at radius 3 is 2.38 bits per heavy atom. The summed E-state index contributed by atoms with van der Waals surface area (Å²) in [6.07, 6.45) is -1.50. The molecule has 0 N–H and O–H groups in total. The van der Waals surface area contributed by atoms with Gasteiger partial charge in [0.15, 0.2) is 6.61 Å². The van der Waals surface area contributed by atoms with Crippen LogP contribution in [-0.4, -0.2) is 12.8 Å². The number of nitriles is 1. The fourth-order valence-corrected chi connectivity index (χ4v) is 0.974. The van der Waals surface area contributed by atoms with E-state index in [2.05, 4.69) is 4.74 Å². The Kier molecular flexibility index (Phi) is 3.95. The van der Waals surface area contributed by atoms with Gasteiger partial charge >= 0.3 is 6.18 Å². The van der Waals surface area contributed by atoms with Gasteiger partial charge in [-0.3, -0.25) is 0 Å². The molecule has 0 aromatic heterocycles. The summed E-state index contributed by atoms with van der Waals surface area (Å²) in [5, 5.41) is 8.27. The average molecular weight is 227 g/mol. The molecule has 0 aliphatic heterocycles. The van der Waals surface area contributed by atoms with Crippen LogP contribution in [0.3, 0.4) is 0 Å². The molecule has 0 saturated heterocycles. The SMILES string of the molecule is N#CC=Cc1ccc(OCC(F)(F)F)cc1. The second-order valence-electron chi connectivity index (χ2n) is 2.94. The molecule has 1 aromatic rings. The predicted octanol–water partition coefficient (Wildman–Crippen LogP) is 3.16. The van der Waals surface area contributed by atoms with E-state index in [1.165, 1.54) is 18.2 Å². The fourth-order valence-electron chi connectivity index (χ4n) is 0.974. The van der Waals surface area contributed by atoms with E-state index in [1.54, 1.807) is 18.2 Å². The van der Waals surface area contributed by atoms with E-state index >= 15 is 0 Å². The number of halogens is 3. The van der Waals surface area contributed by atoms with Crippen molar-refractivity contribution in [2.24, 2.45) is 0 Å². The summed E-state index contributed by atoms with van der Waals surface area (Å²) in [7, 11) is 0. The molecule has 16 heavy (non-hydrogen) atoms. The maximum atomic E-state index is 11.8. The molecule has 0 aliphatic rings. The van der Waals surface area contributed by atoms with Gasteiger partial charge in [-0.1, -0.05) is 12.1 Å². The summed E-state index contributed by atoms with van der Waals surface area (Å²) in [6.45, 7) is -1.31. The van der Waals surface area contributed by atoms with Gasteiger partial charge in [0, 0.05) is 6.08 Å². The Balaban J connectivity index is 2.59. The first-order valence-electron chi connectivity index (χ1n) is 4.37. The van der Waals surface area contributed by atoms with Crippen molar-refractivity contribution in [1.82, 2.24) is 0 Å². The second-order valence-corrected chi connectivity index (χ2v) is 2.94. The van der Waals surface area contributed by atoms with E-state index in [4.69, 9.17) is 5.26 Å². The molecule has 0 unspecified atom stereocenters. The lowest BCUT2D eigenvalue weighted by atomic mass is 10.2. The van der Waals surface area contributed by atoms with Gasteiger partial charge in [0.25, 0.3) is 0 Å². The molecule has 5 heteroatoms. The molecule has 0 amide bonds. The van der Waals surface area contributed by atoms with Gasteiger partial charge in [-0.05, 0) is 23.8 Å². The molecule has 0 aliphatic carbocycles. The van der Waals surface area contributed by atoms with Crippen molar-refractivity contribution < 1.29 is 17.9 Å². The number of allylic oxidation sites excluding steroid dienone is 1. The van der Waals surface area contributed by atoms with Gasteiger partial charge in [0.2, 0.25) is 0 Å². The molecule has 0 radical (unpaired) electrons. The second kappa shape index (κ2) is 5.21. The molecular formula is C11H8F3NO. The van der Waals surface area contributed by atoms with E-state index in [-0.39, 0.29) is 5.75 Å². The molecule has 0 fully saturated rings. The lowest BCUT2D eigenvalue weighted by molar-refractivity contribution is -0.153. The van der Waals surface area contributed by atoms with Crippen molar-refractivity contribution in [2.45, 2.75) is 6.18 Å². The minimum absolute atomic E-state index is 0.145. The lowest BCUT2D eigenvalue weighted by Gasteiger charge is -2.08. The Labute approximate surface area is 90.6 Å². The lowest BCUT2D eigenvalue weighted by Crippen LogP contribution is -2.19. The van der Waals surface area contributed by atoms with Crippen molar-refractivity contribution in [3.05, 3.63) is 35.9 Å². The van der Waals surface area contributed by atoms with Gasteiger partial charge in [0.1, 0.15) is 5.75 Å². The number of alkyl halides is 3. The first kappa shape index (κ1) is 12.1. The van der Waals surface area contributed by atoms with Gasteiger partial charge in [0.05, 0.1) is 6.07 Å². The molecule has 0 saturated carbocycles. The normalized spacial score (nSPS) is 11.4. The quantitative estimate of drug-likeness (QED) is 0.743. The van der Waals surface area contributed by atoms with Gasteiger partial charge < -0.3 is 4.74 Å². The van der Waals surface area contributed by atoms with Crippen LogP contribution in [0.4, 0.5) is 13.2 Å². The van der Waals surface area contributed by atoms with Crippen LogP contribution >= 0.6 is 0 Å². The molecule has 1 aromatic carbocycles. The maximum absolute atomic E-state index is 11.8. The van der Waals surface area contributed by atoms with E-state index in [0.717, 1.165) is 5.56 Å². The standard InChI is InChI=1S/C11H8F3NO/c12-11(13,14)8-16-10-5-3-9(4-6-10)2-1-7-15/h1-6H,8H2. The maximum Gasteiger partial charge on any atom is 0.422 e. The number of hydrogen-bond acceptors (Lipinski definition) is 2. The third-order valence-corrected chi connectivity index (χ3v) is 1.63. The zero-order valence-electron chi connectivity index (χ0n) is 8.16. The summed E-state index contributed by atoms with van der Waals surface area (Å²) >= 11 is 0. The van der Waals surface area contributed by atoms with E-state index in [0.29, 0.717) is 0 Å². The van der Waals surface area contributed by atoms with Crippen molar-refractivity contribution in [3.63, 3.8) is 0 Å². The Hall–Kier alpha value is -1.96. The van der Waals surface area contributed by atoms with Crippen LogP contribution in [0.5, 0.6) is 5.75 Å². The van der Waals surface area contributed by atoms with E-state index in [9.17, 15) is 13.2 Å². The topological polar surface area (TPSA) is 33.0 Å². The van der Waals surface area contributed by atoms with Crippen LogP contribution in [0.1, 0.15) is 5.56 Å². The van der Waals surface area contributed by atoms with Crippen LogP contribution < -0.4 is 4.74 Å². The largest absolute Gasteiger partial charge is 0.484 e. The Bertz CT molecular complexity index is 401. The number of benzene rings is 1. The van der Waals surface area contributed by atoms with Crippen molar-refractivity contribution in [2.75, 3.05) is 6.61 Å². The summed E-state index contributed by atoms with van der Waals surface area (Å²) in [5.41, 5.74) is 0.723. The average Bonchev–Trinajstić information content (AvgIpc) is 2.24. The third kappa shape index (κ3) is 4.51. The highest BCUT2D eigenvalue weighted by molar-refractivity contribution is 5.52. The first-order valence-corrected chi connectivity index (χ1v) is 4.37. The molecular weight excluding hydrogens is 219 g/mol. The summed E-state index contributed by atoms with van der Waals surface area (Å²) < 4.78 is 40.0. The fraction of sp³-hybridized carbons (Fsp3) is 0.182. The molecule has 1 rings (SSSR count). The highest BCUT2D eigenvalue weighted by Gasteiger charge is 2.28. The van der Waals surface area contributed by atoms with Gasteiger partial charge in [-0.25, -0.2) is 0 Å². The Morgan fingerprint density at radius 2 is 1.88 bits per heavy atom. The van der Waals surface area contributed by atoms with Gasteiger partial charge in [-0.15, -0.1) is 0 Å². The van der Waals surface area contributed by atoms with Crippen LogP contribution in [0.25, 0.3) is 6.08 Å². The highest BCUT2D eigenvalue weighted by Crippen LogP contribution is 2.19. The zero-order chi connectivity index (χ0) is 12.0. The minimum atomic E-state index is -4.33. The summed E-state index contributed by atoms with van der Waals surface area (Å²) in [4.78, 5) is 0. The van der Waals surface area contributed by atoms with Crippen molar-refractivity contribution >= 4 is 6.08 Å². The molecule has 0 bridgehead atoms. The summed E-state index contributed by atoms with van der Waals surface area (Å²) in [6, 6.07) is 7.79. The number of rotatable bonds is 3. The molecule has 2 nitrogen and oxygen atoms in total. The highest BCUT2D eigenvalue weighted by atomic mass is 19.4. The first-order chi connectivity index (χ1) is 7.51. The summed E-state index contributed by atoms with van der Waals surface area (Å²) in [5.74, 6) is 0.145. The number of hydrogen-bond donors (Lipinski definition) is 0. The van der Waals surface area contributed by atoms with Crippen LogP contribution in [0, 0.1) is 11.3 Å². The van der Waals surface area contributed by atoms with Crippen molar-refractivity contribution in [3.8, 4) is 11.8 Å². The van der Waals surface area contributed by atoms with Crippen LogP contribution in [0.2, 0.25) is 0 Å². The minimum Gasteiger partial charge on any atom is -0.484 e. The molecule has 84 valence electrons. The number of ether oxygens (including phenoxy) is 1. The smallest absolute Gasteiger partial charge is 0.422 e. The van der Waals surface area contributed by atoms with Crippen LogP contribution in [0.15, 0.2) is 30.3 Å². The van der Waals surface area contributed by atoms with Gasteiger partial charge in [-0.2, -0.15) is 18.4 Å². The molecule has 0 atom stereocenters. The zero-order valence-corrected chi connectivity index (χ0v) is 8.16. The molecule has 0 spiro atoms. The van der Waals surface area contributed by atoms with Crippen LogP contribution in [-0.2, 0) is 0 Å². The Morgan fingerprint density at radius 1 is 1.25 bits per heavy atom. The van der Waals surface area contributed by atoms with Crippen molar-refractivity contribution in [1.29, 1.82) is 5.26 Å². The number of nitrogens with zero attached hydrogens (tertiary/aromatic N) is 1. The van der Waals surface area contributed by atoms with E-state index in [1.807, 2.05) is 6.07 Å².